The molecule has 2 N–H and O–H groups in total. The summed E-state index contributed by atoms with van der Waals surface area (Å²) in [4.78, 5) is 24.4. The van der Waals surface area contributed by atoms with Gasteiger partial charge < -0.3 is 0 Å². The van der Waals surface area contributed by atoms with Crippen LogP contribution in [0.3, 0.4) is 0 Å². The highest BCUT2D eigenvalue weighted by molar-refractivity contribution is 7.64. The summed E-state index contributed by atoms with van der Waals surface area (Å²) in [5, 5.41) is 6.19. The van der Waals surface area contributed by atoms with Gasteiger partial charge >= 0.3 is 20.0 Å². The van der Waals surface area contributed by atoms with Gasteiger partial charge in [-0.05, 0) is 11.1 Å². The summed E-state index contributed by atoms with van der Waals surface area (Å²) in [6.07, 6.45) is 0.980. The maximum Gasteiger partial charge on any atom is 0.528 e. The number of hydrogen-bond acceptors (Lipinski definition) is 6. The molecule has 2 aliphatic heterocycles. The van der Waals surface area contributed by atoms with E-state index in [1.165, 1.54) is 0 Å². The second kappa shape index (κ2) is 6.56. The summed E-state index contributed by atoms with van der Waals surface area (Å²) in [7, 11) is -2.90. The van der Waals surface area contributed by atoms with Gasteiger partial charge in [0.05, 0.1) is 0 Å². The first kappa shape index (κ1) is 16.2. The van der Waals surface area contributed by atoms with E-state index in [0.29, 0.717) is 12.8 Å². The minimum absolute atomic E-state index is 0.391. The zero-order valence-corrected chi connectivity index (χ0v) is 14.3. The summed E-state index contributed by atoms with van der Waals surface area (Å²) in [6, 6.07) is 18.3. The van der Waals surface area contributed by atoms with E-state index >= 15 is 0 Å². The number of carbonyl (C=O) groups is 2. The lowest BCUT2D eigenvalue weighted by atomic mass is 10.1. The van der Waals surface area contributed by atoms with Crippen molar-refractivity contribution in [3.63, 3.8) is 0 Å². The molecule has 0 aliphatic carbocycles. The molecule has 2 aromatic carbocycles. The molecule has 128 valence electrons. The lowest BCUT2D eigenvalue weighted by molar-refractivity contribution is -0.135. The van der Waals surface area contributed by atoms with Gasteiger partial charge in [-0.15, -0.1) is 0 Å². The molecule has 25 heavy (non-hydrogen) atoms. The molecule has 2 aliphatic rings. The van der Waals surface area contributed by atoms with Crippen LogP contribution in [0.2, 0.25) is 0 Å². The van der Waals surface area contributed by atoms with E-state index in [-0.39, 0.29) is 0 Å². The second-order valence-corrected chi connectivity index (χ2v) is 8.10. The third-order valence-electron chi connectivity index (χ3n) is 4.22. The molecule has 2 aromatic rings. The van der Waals surface area contributed by atoms with Gasteiger partial charge in [0.2, 0.25) is 0 Å². The maximum atomic E-state index is 12.2. The van der Waals surface area contributed by atoms with Crippen LogP contribution in [-0.2, 0) is 31.5 Å². The van der Waals surface area contributed by atoms with Crippen LogP contribution in [0.1, 0.15) is 11.1 Å². The summed E-state index contributed by atoms with van der Waals surface area (Å²) in [6.45, 7) is 0. The molecule has 6 nitrogen and oxygen atoms in total. The molecular weight excluding hydrogens is 339 g/mol. The van der Waals surface area contributed by atoms with E-state index in [9.17, 15) is 9.59 Å². The van der Waals surface area contributed by atoms with Crippen LogP contribution in [0.15, 0.2) is 60.7 Å². The molecule has 0 amide bonds. The van der Waals surface area contributed by atoms with Gasteiger partial charge in [0, 0.05) is 12.8 Å². The van der Waals surface area contributed by atoms with Crippen LogP contribution in [0, 0.1) is 0 Å². The Morgan fingerprint density at radius 1 is 0.720 bits per heavy atom. The number of rotatable bonds is 4. The monoisotopic (exact) mass is 357 g/mol. The third-order valence-corrected chi connectivity index (χ3v) is 6.40. The molecule has 2 fully saturated rings. The Kier molecular flexibility index (Phi) is 4.25. The molecule has 2 heterocycles. The molecule has 0 bridgehead atoms. The Labute approximate surface area is 146 Å². The van der Waals surface area contributed by atoms with Gasteiger partial charge in [0.15, 0.2) is 12.1 Å². The van der Waals surface area contributed by atoms with Crippen molar-refractivity contribution in [2.45, 2.75) is 24.9 Å². The van der Waals surface area contributed by atoms with Crippen LogP contribution in [0.4, 0.5) is 0 Å². The highest BCUT2D eigenvalue weighted by atomic mass is 31.2. The zero-order chi connectivity index (χ0) is 17.3. The summed E-state index contributed by atoms with van der Waals surface area (Å²) < 4.78 is 10.9. The zero-order valence-electron chi connectivity index (χ0n) is 13.4. The number of carbonyl (C=O) groups excluding carboxylic acids is 2. The Balaban J connectivity index is 1.44. The Hall–Kier alpha value is -2.27. The van der Waals surface area contributed by atoms with Crippen molar-refractivity contribution in [3.8, 4) is 0 Å². The number of hydrogen-bond donors (Lipinski definition) is 2. The van der Waals surface area contributed by atoms with Crippen LogP contribution in [0.5, 0.6) is 0 Å². The molecular formula is C18H18N2O4P+. The molecule has 2 saturated heterocycles. The maximum absolute atomic E-state index is 12.2. The van der Waals surface area contributed by atoms with Gasteiger partial charge in [-0.1, -0.05) is 70.8 Å². The average molecular weight is 357 g/mol. The highest BCUT2D eigenvalue weighted by Crippen LogP contribution is 2.61. The van der Waals surface area contributed by atoms with Crippen molar-refractivity contribution in [2.75, 3.05) is 0 Å². The first-order chi connectivity index (χ1) is 12.1. The minimum atomic E-state index is -2.90. The van der Waals surface area contributed by atoms with Crippen LogP contribution >= 0.6 is 8.02 Å². The quantitative estimate of drug-likeness (QED) is 0.817. The molecule has 2 unspecified atom stereocenters. The van der Waals surface area contributed by atoms with Crippen LogP contribution in [0.25, 0.3) is 0 Å². The summed E-state index contributed by atoms with van der Waals surface area (Å²) in [5.74, 6) is -0.782. The lowest BCUT2D eigenvalue weighted by Gasteiger charge is -2.09. The standard InChI is InChI=1S/C18H18N2O4P/c21-17-15(11-13-7-3-1-4-8-13)19-25(23-17)20-16(18(22)24-25)12-14-9-5-2-6-10-14/h1-10,15-16,19-20H,11-12H2/q+1. The van der Waals surface area contributed by atoms with Crippen molar-refractivity contribution in [2.24, 2.45) is 0 Å². The second-order valence-electron chi connectivity index (χ2n) is 6.11. The lowest BCUT2D eigenvalue weighted by Crippen LogP contribution is -2.33. The van der Waals surface area contributed by atoms with E-state index < -0.39 is 32.0 Å². The molecule has 0 aromatic heterocycles. The first-order valence-electron chi connectivity index (χ1n) is 8.13. The van der Waals surface area contributed by atoms with Gasteiger partial charge in [-0.3, -0.25) is 0 Å². The van der Waals surface area contributed by atoms with E-state index in [1.807, 2.05) is 60.7 Å². The van der Waals surface area contributed by atoms with Gasteiger partial charge in [-0.2, -0.15) is 0 Å². The fourth-order valence-electron chi connectivity index (χ4n) is 3.02. The van der Waals surface area contributed by atoms with Crippen molar-refractivity contribution in [1.29, 1.82) is 0 Å². The molecule has 2 atom stereocenters. The molecule has 0 saturated carbocycles. The Bertz CT molecular complexity index is 717. The smallest absolute Gasteiger partial charge is 0.245 e. The van der Waals surface area contributed by atoms with Crippen molar-refractivity contribution < 1.29 is 18.6 Å². The highest BCUT2D eigenvalue weighted by Gasteiger charge is 2.66. The van der Waals surface area contributed by atoms with E-state index in [0.717, 1.165) is 11.1 Å². The largest absolute Gasteiger partial charge is 0.528 e. The predicted octanol–water partition coefficient (Wildman–Crippen LogP) is 2.18. The van der Waals surface area contributed by atoms with E-state index in [2.05, 4.69) is 10.2 Å². The third kappa shape index (κ3) is 3.42. The average Bonchev–Trinajstić information content (AvgIpc) is 3.07. The molecule has 4 rings (SSSR count). The van der Waals surface area contributed by atoms with Crippen LogP contribution in [-0.4, -0.2) is 24.0 Å². The Morgan fingerprint density at radius 2 is 1.12 bits per heavy atom. The predicted molar refractivity (Wildman–Crippen MR) is 93.2 cm³/mol. The number of nitrogens with one attached hydrogen (secondary N) is 2. The van der Waals surface area contributed by atoms with E-state index in [1.54, 1.807) is 0 Å². The Morgan fingerprint density at radius 3 is 1.52 bits per heavy atom. The fourth-order valence-corrected chi connectivity index (χ4v) is 5.31. The molecule has 1 spiro atoms. The van der Waals surface area contributed by atoms with Gasteiger partial charge in [0.1, 0.15) is 0 Å². The summed E-state index contributed by atoms with van der Waals surface area (Å²) >= 11 is 0. The summed E-state index contributed by atoms with van der Waals surface area (Å²) in [5.41, 5.74) is 2.03. The van der Waals surface area contributed by atoms with E-state index in [4.69, 9.17) is 9.05 Å². The number of benzene rings is 2. The van der Waals surface area contributed by atoms with Crippen LogP contribution < -0.4 is 10.2 Å². The van der Waals surface area contributed by atoms with Crippen molar-refractivity contribution >= 4 is 20.0 Å². The van der Waals surface area contributed by atoms with Gasteiger partial charge in [-0.25, -0.2) is 18.6 Å². The van der Waals surface area contributed by atoms with Gasteiger partial charge in [0.25, 0.3) is 0 Å². The first-order valence-corrected chi connectivity index (χ1v) is 9.75. The normalized spacial score (nSPS) is 28.2. The fraction of sp³-hybridized carbons (Fsp3) is 0.222. The minimum Gasteiger partial charge on any atom is -0.245 e. The molecule has 0 radical (unpaired) electrons. The topological polar surface area (TPSA) is 76.7 Å². The SMILES string of the molecule is O=C1O[P+]2(NC1Cc1ccccc1)NC(Cc1ccccc1)C(=O)O2. The molecule has 7 heteroatoms. The van der Waals surface area contributed by atoms with Crippen molar-refractivity contribution in [1.82, 2.24) is 10.2 Å². The van der Waals surface area contributed by atoms with Crippen molar-refractivity contribution in [3.05, 3.63) is 71.8 Å².